The monoisotopic (exact) mass is 304 g/mol. The first-order valence-electron chi connectivity index (χ1n) is 7.04. The molecule has 0 radical (unpaired) electrons. The van der Waals surface area contributed by atoms with Gasteiger partial charge in [0.05, 0.1) is 11.9 Å². The molecule has 21 heavy (non-hydrogen) atoms. The van der Waals surface area contributed by atoms with Crippen molar-refractivity contribution in [1.82, 2.24) is 14.9 Å². The lowest BCUT2D eigenvalue weighted by atomic mass is 10.1. The number of piperidine rings is 1. The van der Waals surface area contributed by atoms with Crippen LogP contribution >= 0.6 is 11.6 Å². The molecule has 0 aromatic carbocycles. The summed E-state index contributed by atoms with van der Waals surface area (Å²) in [7, 11) is 0. The predicted molar refractivity (Wildman–Crippen MR) is 82.8 cm³/mol. The highest BCUT2D eigenvalue weighted by Crippen LogP contribution is 2.22. The Bertz CT molecular complexity index is 617. The standard InChI is InChI=1S/C15H17ClN4O/c16-14-4-3-11(10-18-14)19-15(21)13-2-1-9-20(13)12-5-7-17-8-6-12/h1-4,9-10,12,17H,5-8H2,(H,19,21). The molecule has 3 heterocycles. The topological polar surface area (TPSA) is 59.0 Å². The van der Waals surface area contributed by atoms with Crippen molar-refractivity contribution in [1.29, 1.82) is 0 Å². The first-order chi connectivity index (χ1) is 10.2. The zero-order valence-corrected chi connectivity index (χ0v) is 12.3. The molecule has 0 unspecified atom stereocenters. The van der Waals surface area contributed by atoms with Gasteiger partial charge in [-0.1, -0.05) is 11.6 Å². The number of rotatable bonds is 3. The lowest BCUT2D eigenvalue weighted by molar-refractivity contribution is 0.101. The number of hydrogen-bond donors (Lipinski definition) is 2. The molecule has 0 atom stereocenters. The molecule has 1 fully saturated rings. The van der Waals surface area contributed by atoms with Crippen molar-refractivity contribution in [3.8, 4) is 0 Å². The van der Waals surface area contributed by atoms with Gasteiger partial charge in [-0.2, -0.15) is 0 Å². The minimum Gasteiger partial charge on any atom is -0.340 e. The van der Waals surface area contributed by atoms with Gasteiger partial charge >= 0.3 is 0 Å². The van der Waals surface area contributed by atoms with Gasteiger partial charge in [0.1, 0.15) is 10.8 Å². The van der Waals surface area contributed by atoms with Crippen LogP contribution in [0, 0.1) is 0 Å². The van der Waals surface area contributed by atoms with Crippen molar-refractivity contribution in [2.45, 2.75) is 18.9 Å². The van der Waals surface area contributed by atoms with Gasteiger partial charge in [-0.15, -0.1) is 0 Å². The fourth-order valence-corrected chi connectivity index (χ4v) is 2.75. The van der Waals surface area contributed by atoms with Crippen LogP contribution in [0.3, 0.4) is 0 Å². The van der Waals surface area contributed by atoms with E-state index in [2.05, 4.69) is 20.2 Å². The molecule has 0 aliphatic carbocycles. The van der Waals surface area contributed by atoms with E-state index < -0.39 is 0 Å². The van der Waals surface area contributed by atoms with E-state index in [0.717, 1.165) is 25.9 Å². The molecule has 1 aliphatic rings. The summed E-state index contributed by atoms with van der Waals surface area (Å²) in [4.78, 5) is 16.4. The van der Waals surface area contributed by atoms with Crippen LogP contribution in [0.2, 0.25) is 5.15 Å². The summed E-state index contributed by atoms with van der Waals surface area (Å²) in [5.74, 6) is -0.123. The molecule has 0 saturated carbocycles. The van der Waals surface area contributed by atoms with Crippen LogP contribution in [0.4, 0.5) is 5.69 Å². The Morgan fingerprint density at radius 3 is 2.86 bits per heavy atom. The van der Waals surface area contributed by atoms with Crippen molar-refractivity contribution in [3.05, 3.63) is 47.5 Å². The maximum atomic E-state index is 12.4. The van der Waals surface area contributed by atoms with Gasteiger partial charge in [0.2, 0.25) is 0 Å². The van der Waals surface area contributed by atoms with E-state index in [0.29, 0.717) is 22.6 Å². The van der Waals surface area contributed by atoms with Gasteiger partial charge in [-0.05, 0) is 50.2 Å². The first kappa shape index (κ1) is 14.1. The average molecular weight is 305 g/mol. The highest BCUT2D eigenvalue weighted by Gasteiger charge is 2.19. The molecule has 1 aliphatic heterocycles. The summed E-state index contributed by atoms with van der Waals surface area (Å²) < 4.78 is 2.07. The smallest absolute Gasteiger partial charge is 0.272 e. The summed E-state index contributed by atoms with van der Waals surface area (Å²) in [6.07, 6.45) is 5.61. The Labute approximate surface area is 128 Å². The van der Waals surface area contributed by atoms with Crippen molar-refractivity contribution >= 4 is 23.2 Å². The number of pyridine rings is 1. The second-order valence-electron chi connectivity index (χ2n) is 5.11. The van der Waals surface area contributed by atoms with Gasteiger partial charge in [0.15, 0.2) is 0 Å². The van der Waals surface area contributed by atoms with Gasteiger partial charge < -0.3 is 15.2 Å². The molecule has 3 rings (SSSR count). The van der Waals surface area contributed by atoms with Crippen LogP contribution in [0.15, 0.2) is 36.7 Å². The summed E-state index contributed by atoms with van der Waals surface area (Å²) in [6, 6.07) is 7.54. The summed E-state index contributed by atoms with van der Waals surface area (Å²) in [6.45, 7) is 1.98. The van der Waals surface area contributed by atoms with E-state index in [1.807, 2.05) is 18.3 Å². The van der Waals surface area contributed by atoms with Crippen LogP contribution in [0.25, 0.3) is 0 Å². The lowest BCUT2D eigenvalue weighted by Gasteiger charge is -2.25. The number of carbonyl (C=O) groups is 1. The molecule has 0 spiro atoms. The number of aromatic nitrogens is 2. The molecular weight excluding hydrogens is 288 g/mol. The lowest BCUT2D eigenvalue weighted by Crippen LogP contribution is -2.31. The van der Waals surface area contributed by atoms with Crippen LogP contribution in [-0.2, 0) is 0 Å². The normalized spacial score (nSPS) is 15.9. The minimum atomic E-state index is -0.123. The van der Waals surface area contributed by atoms with E-state index in [4.69, 9.17) is 11.6 Å². The SMILES string of the molecule is O=C(Nc1ccc(Cl)nc1)c1cccn1C1CCNCC1. The molecule has 6 heteroatoms. The van der Waals surface area contributed by atoms with Gasteiger partial charge in [-0.3, -0.25) is 4.79 Å². The molecule has 1 amide bonds. The number of carbonyl (C=O) groups excluding carboxylic acids is 1. The largest absolute Gasteiger partial charge is 0.340 e. The number of halogens is 1. The molecule has 1 saturated heterocycles. The van der Waals surface area contributed by atoms with Crippen LogP contribution in [0.5, 0.6) is 0 Å². The fourth-order valence-electron chi connectivity index (χ4n) is 2.63. The summed E-state index contributed by atoms with van der Waals surface area (Å²) in [5.41, 5.74) is 1.32. The average Bonchev–Trinajstić information content (AvgIpc) is 3.00. The minimum absolute atomic E-state index is 0.123. The quantitative estimate of drug-likeness (QED) is 0.857. The number of anilines is 1. The van der Waals surface area contributed by atoms with E-state index in [-0.39, 0.29) is 5.91 Å². The third-order valence-electron chi connectivity index (χ3n) is 3.70. The van der Waals surface area contributed by atoms with Crippen LogP contribution in [-0.4, -0.2) is 28.5 Å². The van der Waals surface area contributed by atoms with Crippen molar-refractivity contribution in [2.75, 3.05) is 18.4 Å². The van der Waals surface area contributed by atoms with Gasteiger partial charge in [-0.25, -0.2) is 4.98 Å². The molecule has 5 nitrogen and oxygen atoms in total. The van der Waals surface area contributed by atoms with E-state index >= 15 is 0 Å². The third-order valence-corrected chi connectivity index (χ3v) is 3.92. The second-order valence-corrected chi connectivity index (χ2v) is 5.49. The van der Waals surface area contributed by atoms with Crippen molar-refractivity contribution in [2.24, 2.45) is 0 Å². The van der Waals surface area contributed by atoms with Crippen LogP contribution < -0.4 is 10.6 Å². The molecular formula is C15H17ClN4O. The Kier molecular flexibility index (Phi) is 4.22. The molecule has 110 valence electrons. The highest BCUT2D eigenvalue weighted by atomic mass is 35.5. The number of nitrogens with one attached hydrogen (secondary N) is 2. The second kappa shape index (κ2) is 6.28. The molecule has 2 aromatic heterocycles. The zero-order chi connectivity index (χ0) is 14.7. The summed E-state index contributed by atoms with van der Waals surface area (Å²) in [5, 5.41) is 6.60. The highest BCUT2D eigenvalue weighted by molar-refractivity contribution is 6.29. The Morgan fingerprint density at radius 2 is 2.14 bits per heavy atom. The van der Waals surface area contributed by atoms with E-state index in [9.17, 15) is 4.79 Å². The number of hydrogen-bond acceptors (Lipinski definition) is 3. The zero-order valence-electron chi connectivity index (χ0n) is 11.6. The Morgan fingerprint density at radius 1 is 1.33 bits per heavy atom. The maximum Gasteiger partial charge on any atom is 0.272 e. The van der Waals surface area contributed by atoms with Crippen LogP contribution in [0.1, 0.15) is 29.4 Å². The van der Waals surface area contributed by atoms with E-state index in [1.54, 1.807) is 18.3 Å². The summed E-state index contributed by atoms with van der Waals surface area (Å²) >= 11 is 5.74. The van der Waals surface area contributed by atoms with Crippen molar-refractivity contribution < 1.29 is 4.79 Å². The van der Waals surface area contributed by atoms with Gasteiger partial charge in [0, 0.05) is 12.2 Å². The predicted octanol–water partition coefficient (Wildman–Crippen LogP) is 2.71. The fraction of sp³-hybridized carbons (Fsp3) is 0.333. The molecule has 0 bridgehead atoms. The number of amides is 1. The maximum absolute atomic E-state index is 12.4. The number of nitrogens with zero attached hydrogens (tertiary/aromatic N) is 2. The third kappa shape index (κ3) is 3.25. The van der Waals surface area contributed by atoms with E-state index in [1.165, 1.54) is 0 Å². The first-order valence-corrected chi connectivity index (χ1v) is 7.42. The molecule has 2 N–H and O–H groups in total. The Hall–Kier alpha value is -1.85. The molecule has 2 aromatic rings. The van der Waals surface area contributed by atoms with Gasteiger partial charge in [0.25, 0.3) is 5.91 Å². The van der Waals surface area contributed by atoms with Crippen molar-refractivity contribution in [3.63, 3.8) is 0 Å². The Balaban J connectivity index is 1.75.